The maximum atomic E-state index is 13.1. The maximum absolute atomic E-state index is 13.1. The first kappa shape index (κ1) is 22.7. The molecule has 170 valence electrons. The number of aromatic nitrogens is 1. The number of hydrogen-bond donors (Lipinski definition) is 1. The van der Waals surface area contributed by atoms with Crippen molar-refractivity contribution < 1.29 is 19.4 Å². The third kappa shape index (κ3) is 4.39. The maximum Gasteiger partial charge on any atom is 0.300 e. The lowest BCUT2D eigenvalue weighted by Crippen LogP contribution is -2.29. The van der Waals surface area contributed by atoms with Crippen molar-refractivity contribution in [3.63, 3.8) is 0 Å². The third-order valence-corrected chi connectivity index (χ3v) is 5.43. The topological polar surface area (TPSA) is 104 Å². The van der Waals surface area contributed by atoms with Gasteiger partial charge in [0.05, 0.1) is 29.9 Å². The van der Waals surface area contributed by atoms with Crippen molar-refractivity contribution in [1.82, 2.24) is 4.98 Å². The van der Waals surface area contributed by atoms with E-state index in [4.69, 9.17) is 10.00 Å². The summed E-state index contributed by atoms with van der Waals surface area (Å²) in [6.07, 6.45) is 3.15. The number of ether oxygens (including phenoxy) is 1. The second kappa shape index (κ2) is 9.59. The summed E-state index contributed by atoms with van der Waals surface area (Å²) in [4.78, 5) is 31.7. The number of ketones is 1. The zero-order valence-corrected chi connectivity index (χ0v) is 18.8. The molecule has 0 saturated carbocycles. The largest absolute Gasteiger partial charge is 0.507 e. The lowest BCUT2D eigenvalue weighted by atomic mass is 9.96. The zero-order valence-electron chi connectivity index (χ0n) is 18.8. The first-order valence-corrected chi connectivity index (χ1v) is 10.8. The van der Waals surface area contributed by atoms with Crippen LogP contribution in [-0.2, 0) is 9.59 Å². The molecule has 2 heterocycles. The minimum Gasteiger partial charge on any atom is -0.507 e. The van der Waals surface area contributed by atoms with Gasteiger partial charge in [-0.2, -0.15) is 5.26 Å². The SMILES string of the molecule is CC(C)COc1ccc(/C(O)=C2/C(=O)C(=O)N(c3ccc(C#N)cc3)C2c2cccnc2)cc1. The van der Waals surface area contributed by atoms with Gasteiger partial charge in [-0.05, 0) is 66.1 Å². The van der Waals surface area contributed by atoms with E-state index in [1.807, 2.05) is 19.9 Å². The number of benzene rings is 2. The van der Waals surface area contributed by atoms with E-state index in [-0.39, 0.29) is 11.3 Å². The molecular formula is C27H23N3O4. The molecule has 1 atom stereocenters. The number of nitriles is 1. The fourth-order valence-corrected chi connectivity index (χ4v) is 3.78. The molecule has 1 aliphatic heterocycles. The summed E-state index contributed by atoms with van der Waals surface area (Å²) in [5.74, 6) is -0.829. The molecule has 0 spiro atoms. The van der Waals surface area contributed by atoms with Gasteiger partial charge in [0, 0.05) is 23.6 Å². The summed E-state index contributed by atoms with van der Waals surface area (Å²) in [6.45, 7) is 4.65. The molecule has 2 aromatic carbocycles. The van der Waals surface area contributed by atoms with Crippen molar-refractivity contribution in [3.8, 4) is 11.8 Å². The van der Waals surface area contributed by atoms with E-state index in [2.05, 4.69) is 4.98 Å². The van der Waals surface area contributed by atoms with Crippen LogP contribution in [0.2, 0.25) is 0 Å². The number of amides is 1. The van der Waals surface area contributed by atoms with Crippen molar-refractivity contribution in [1.29, 1.82) is 5.26 Å². The zero-order chi connectivity index (χ0) is 24.2. The van der Waals surface area contributed by atoms with Gasteiger partial charge >= 0.3 is 0 Å². The van der Waals surface area contributed by atoms with Crippen LogP contribution in [0.25, 0.3) is 5.76 Å². The number of anilines is 1. The molecule has 1 N–H and O–H groups in total. The molecule has 1 unspecified atom stereocenters. The fraction of sp³-hybridized carbons (Fsp3) is 0.185. The lowest BCUT2D eigenvalue weighted by molar-refractivity contribution is -0.132. The standard InChI is InChI=1S/C27H23N3O4/c1-17(2)16-34-22-11-7-19(8-12-22)25(31)23-24(20-4-3-13-29-15-20)30(27(33)26(23)32)21-9-5-18(14-28)6-10-21/h3-13,15,17,24,31H,16H2,1-2H3/b25-23-. The quantitative estimate of drug-likeness (QED) is 0.332. The van der Waals surface area contributed by atoms with Crippen LogP contribution < -0.4 is 9.64 Å². The number of Topliss-reactive ketones (excluding diaryl/α,β-unsaturated/α-hetero) is 1. The fourth-order valence-electron chi connectivity index (χ4n) is 3.78. The Hall–Kier alpha value is -4.44. The molecule has 7 nitrogen and oxygen atoms in total. The Bertz CT molecular complexity index is 1270. The van der Waals surface area contributed by atoms with Crippen molar-refractivity contribution in [3.05, 3.63) is 95.3 Å². The molecular weight excluding hydrogens is 430 g/mol. The summed E-state index contributed by atoms with van der Waals surface area (Å²) in [5, 5.41) is 20.3. The molecule has 1 saturated heterocycles. The lowest BCUT2D eigenvalue weighted by Gasteiger charge is -2.25. The van der Waals surface area contributed by atoms with Gasteiger partial charge in [0.1, 0.15) is 11.5 Å². The van der Waals surface area contributed by atoms with Crippen molar-refractivity contribution in [2.24, 2.45) is 5.92 Å². The minimum atomic E-state index is -0.876. The molecule has 7 heteroatoms. The van der Waals surface area contributed by atoms with Gasteiger partial charge in [0.25, 0.3) is 11.7 Å². The molecule has 0 aliphatic carbocycles. The van der Waals surface area contributed by atoms with Crippen LogP contribution in [0, 0.1) is 17.2 Å². The Balaban J connectivity index is 1.79. The summed E-state index contributed by atoms with van der Waals surface area (Å²) in [6, 6.07) is 17.7. The number of hydrogen-bond acceptors (Lipinski definition) is 6. The molecule has 34 heavy (non-hydrogen) atoms. The molecule has 1 amide bonds. The van der Waals surface area contributed by atoms with E-state index in [1.54, 1.807) is 73.1 Å². The van der Waals surface area contributed by atoms with Crippen molar-refractivity contribution in [2.75, 3.05) is 11.5 Å². The Morgan fingerprint density at radius 2 is 1.82 bits per heavy atom. The predicted molar refractivity (Wildman–Crippen MR) is 127 cm³/mol. The Kier molecular flexibility index (Phi) is 6.42. The van der Waals surface area contributed by atoms with E-state index in [9.17, 15) is 14.7 Å². The molecule has 0 radical (unpaired) electrons. The number of aliphatic hydroxyl groups is 1. The number of carbonyl (C=O) groups excluding carboxylic acids is 2. The van der Waals surface area contributed by atoms with Crippen LogP contribution >= 0.6 is 0 Å². The average Bonchev–Trinajstić information content (AvgIpc) is 3.13. The monoisotopic (exact) mass is 453 g/mol. The Labute approximate surface area is 197 Å². The number of nitrogens with zero attached hydrogens (tertiary/aromatic N) is 3. The minimum absolute atomic E-state index is 0.0294. The number of pyridine rings is 1. The smallest absolute Gasteiger partial charge is 0.300 e. The molecule has 0 bridgehead atoms. The second-order valence-corrected chi connectivity index (χ2v) is 8.34. The first-order valence-electron chi connectivity index (χ1n) is 10.8. The van der Waals surface area contributed by atoms with Gasteiger partial charge in [-0.25, -0.2) is 0 Å². The van der Waals surface area contributed by atoms with Crippen molar-refractivity contribution >= 4 is 23.1 Å². The van der Waals surface area contributed by atoms with Crippen LogP contribution in [0.5, 0.6) is 5.75 Å². The van der Waals surface area contributed by atoms with Gasteiger partial charge in [-0.1, -0.05) is 19.9 Å². The normalized spacial score (nSPS) is 17.1. The summed E-state index contributed by atoms with van der Waals surface area (Å²) in [7, 11) is 0. The van der Waals surface area contributed by atoms with Crippen LogP contribution in [0.4, 0.5) is 5.69 Å². The van der Waals surface area contributed by atoms with E-state index in [0.717, 1.165) is 0 Å². The molecule has 3 aromatic rings. The van der Waals surface area contributed by atoms with Crippen LogP contribution in [0.3, 0.4) is 0 Å². The number of aliphatic hydroxyl groups excluding tert-OH is 1. The Morgan fingerprint density at radius 3 is 2.41 bits per heavy atom. The van der Waals surface area contributed by atoms with Crippen LogP contribution in [0.15, 0.2) is 78.6 Å². The summed E-state index contributed by atoms with van der Waals surface area (Å²) < 4.78 is 5.69. The van der Waals surface area contributed by atoms with E-state index >= 15 is 0 Å². The van der Waals surface area contributed by atoms with Crippen LogP contribution in [-0.4, -0.2) is 28.4 Å². The van der Waals surface area contributed by atoms with Crippen LogP contribution in [0.1, 0.15) is 36.6 Å². The number of carbonyl (C=O) groups is 2. The molecule has 4 rings (SSSR count). The summed E-state index contributed by atoms with van der Waals surface area (Å²) >= 11 is 0. The second-order valence-electron chi connectivity index (χ2n) is 8.34. The van der Waals surface area contributed by atoms with Gasteiger partial charge in [-0.3, -0.25) is 19.5 Å². The highest BCUT2D eigenvalue weighted by Crippen LogP contribution is 2.42. The van der Waals surface area contributed by atoms with Gasteiger partial charge in [-0.15, -0.1) is 0 Å². The van der Waals surface area contributed by atoms with E-state index in [0.29, 0.717) is 40.7 Å². The third-order valence-electron chi connectivity index (χ3n) is 5.43. The summed E-state index contributed by atoms with van der Waals surface area (Å²) in [5.41, 5.74) is 1.80. The van der Waals surface area contributed by atoms with Gasteiger partial charge in [0.15, 0.2) is 0 Å². The van der Waals surface area contributed by atoms with Gasteiger partial charge < -0.3 is 9.84 Å². The van der Waals surface area contributed by atoms with Crippen molar-refractivity contribution in [2.45, 2.75) is 19.9 Å². The van der Waals surface area contributed by atoms with Gasteiger partial charge in [0.2, 0.25) is 0 Å². The highest BCUT2D eigenvalue weighted by Gasteiger charge is 2.47. The number of rotatable bonds is 6. The highest BCUT2D eigenvalue weighted by atomic mass is 16.5. The first-order chi connectivity index (χ1) is 16.4. The average molecular weight is 453 g/mol. The highest BCUT2D eigenvalue weighted by molar-refractivity contribution is 6.51. The molecule has 1 aliphatic rings. The van der Waals surface area contributed by atoms with E-state index < -0.39 is 17.7 Å². The predicted octanol–water partition coefficient (Wildman–Crippen LogP) is 4.61. The molecule has 1 aromatic heterocycles. The van der Waals surface area contributed by atoms with E-state index in [1.165, 1.54) is 4.90 Å². The molecule has 1 fully saturated rings. The Morgan fingerprint density at radius 1 is 1.12 bits per heavy atom.